The molecule has 1 heterocycles. The van der Waals surface area contributed by atoms with Crippen LogP contribution in [0.15, 0.2) is 17.1 Å². The average Bonchev–Trinajstić information content (AvgIpc) is 2.17. The molecule has 0 spiro atoms. The lowest BCUT2D eigenvalue weighted by Gasteiger charge is -2.00. The van der Waals surface area contributed by atoms with Crippen molar-refractivity contribution in [1.82, 2.24) is 4.57 Å². The molecule has 0 saturated heterocycles. The van der Waals surface area contributed by atoms with Crippen molar-refractivity contribution in [1.29, 1.82) is 5.26 Å². The van der Waals surface area contributed by atoms with Crippen molar-refractivity contribution in [2.45, 2.75) is 13.5 Å². The minimum atomic E-state index is -0.632. The summed E-state index contributed by atoms with van der Waals surface area (Å²) < 4.78 is 1.14. The predicted molar refractivity (Wildman–Crippen MR) is 47.7 cm³/mol. The highest BCUT2D eigenvalue weighted by Gasteiger charge is 2.12. The fourth-order valence-electron chi connectivity index (χ4n) is 1.03. The average molecular weight is 193 g/mol. The van der Waals surface area contributed by atoms with E-state index in [1.54, 1.807) is 13.0 Å². The fraction of sp³-hybridized carbons (Fsp3) is 0.250. The van der Waals surface area contributed by atoms with Crippen LogP contribution in [0.3, 0.4) is 0 Å². The molecule has 0 bridgehead atoms. The number of hydrogen-bond acceptors (Lipinski definition) is 4. The minimum Gasteiger partial charge on any atom is -0.308 e. The highest BCUT2D eigenvalue weighted by molar-refractivity contribution is 5.37. The molecular formula is C8H7N3O3. The Morgan fingerprint density at radius 3 is 2.79 bits per heavy atom. The first-order valence-electron chi connectivity index (χ1n) is 3.89. The number of rotatable bonds is 2. The summed E-state index contributed by atoms with van der Waals surface area (Å²) in [5, 5.41) is 19.0. The molecule has 0 aliphatic heterocycles. The molecule has 0 fully saturated rings. The van der Waals surface area contributed by atoms with E-state index in [2.05, 4.69) is 0 Å². The summed E-state index contributed by atoms with van der Waals surface area (Å²) in [5.41, 5.74) is -0.954. The van der Waals surface area contributed by atoms with Gasteiger partial charge in [-0.3, -0.25) is 14.9 Å². The minimum absolute atomic E-state index is 0.207. The third-order valence-electron chi connectivity index (χ3n) is 1.74. The molecule has 0 aliphatic carbocycles. The zero-order chi connectivity index (χ0) is 10.7. The molecule has 0 saturated carbocycles. The summed E-state index contributed by atoms with van der Waals surface area (Å²) in [5.74, 6) is 0. The van der Waals surface area contributed by atoms with Crippen LogP contribution in [-0.2, 0) is 6.54 Å². The van der Waals surface area contributed by atoms with Gasteiger partial charge < -0.3 is 4.57 Å². The summed E-state index contributed by atoms with van der Waals surface area (Å²) in [7, 11) is 0. The van der Waals surface area contributed by atoms with Gasteiger partial charge in [-0.2, -0.15) is 5.26 Å². The molecule has 0 aliphatic rings. The summed E-state index contributed by atoms with van der Waals surface area (Å²) in [6.45, 7) is 1.97. The van der Waals surface area contributed by atoms with Crippen molar-refractivity contribution < 1.29 is 4.92 Å². The zero-order valence-corrected chi connectivity index (χ0v) is 7.43. The van der Waals surface area contributed by atoms with Gasteiger partial charge in [0.25, 0.3) is 11.2 Å². The molecule has 0 atom stereocenters. The Morgan fingerprint density at radius 2 is 2.36 bits per heavy atom. The van der Waals surface area contributed by atoms with Crippen molar-refractivity contribution in [3.8, 4) is 6.07 Å². The van der Waals surface area contributed by atoms with Crippen LogP contribution in [0.5, 0.6) is 0 Å². The van der Waals surface area contributed by atoms with Crippen LogP contribution < -0.4 is 5.56 Å². The van der Waals surface area contributed by atoms with E-state index in [0.29, 0.717) is 6.54 Å². The number of nitro groups is 1. The second kappa shape index (κ2) is 3.70. The van der Waals surface area contributed by atoms with Crippen molar-refractivity contribution in [3.05, 3.63) is 38.3 Å². The van der Waals surface area contributed by atoms with Crippen LogP contribution in [0.4, 0.5) is 5.69 Å². The lowest BCUT2D eigenvalue weighted by atomic mass is 10.3. The van der Waals surface area contributed by atoms with Gasteiger partial charge in [-0.1, -0.05) is 0 Å². The first kappa shape index (κ1) is 9.92. The van der Waals surface area contributed by atoms with Gasteiger partial charge in [-0.15, -0.1) is 0 Å². The Morgan fingerprint density at radius 1 is 1.71 bits per heavy atom. The number of nitrogens with zero attached hydrogens (tertiary/aromatic N) is 3. The number of nitriles is 1. The lowest BCUT2D eigenvalue weighted by molar-refractivity contribution is -0.385. The smallest absolute Gasteiger partial charge is 0.287 e. The summed E-state index contributed by atoms with van der Waals surface area (Å²) >= 11 is 0. The Bertz CT molecular complexity index is 470. The zero-order valence-electron chi connectivity index (χ0n) is 7.43. The summed E-state index contributed by atoms with van der Waals surface area (Å²) in [4.78, 5) is 21.1. The number of pyridine rings is 1. The van der Waals surface area contributed by atoms with Gasteiger partial charge >= 0.3 is 0 Å². The Balaban J connectivity index is 3.50. The standard InChI is InChI=1S/C8H7N3O3/c1-2-10-5-7(11(13)14)3-6(4-9)8(10)12/h3,5H,2H2,1H3. The van der Waals surface area contributed by atoms with E-state index < -0.39 is 10.5 Å². The van der Waals surface area contributed by atoms with Crippen molar-refractivity contribution in [2.75, 3.05) is 0 Å². The van der Waals surface area contributed by atoms with E-state index in [-0.39, 0.29) is 11.3 Å². The van der Waals surface area contributed by atoms with Gasteiger partial charge in [-0.05, 0) is 6.92 Å². The molecule has 0 unspecified atom stereocenters. The van der Waals surface area contributed by atoms with Gasteiger partial charge in [0.1, 0.15) is 11.6 Å². The Kier molecular flexibility index (Phi) is 2.62. The van der Waals surface area contributed by atoms with E-state index in [4.69, 9.17) is 5.26 Å². The molecule has 72 valence electrons. The molecular weight excluding hydrogens is 186 g/mol. The highest BCUT2D eigenvalue weighted by Crippen LogP contribution is 2.09. The second-order valence-corrected chi connectivity index (χ2v) is 2.57. The fourth-order valence-corrected chi connectivity index (χ4v) is 1.03. The van der Waals surface area contributed by atoms with Crippen molar-refractivity contribution >= 4 is 5.69 Å². The first-order chi connectivity index (χ1) is 6.60. The molecule has 0 aromatic carbocycles. The number of aryl methyl sites for hydroxylation is 1. The molecule has 14 heavy (non-hydrogen) atoms. The molecule has 1 aromatic rings. The topological polar surface area (TPSA) is 88.9 Å². The van der Waals surface area contributed by atoms with Crippen LogP contribution in [0.25, 0.3) is 0 Å². The van der Waals surface area contributed by atoms with E-state index in [9.17, 15) is 14.9 Å². The highest BCUT2D eigenvalue weighted by atomic mass is 16.6. The van der Waals surface area contributed by atoms with Gasteiger partial charge in [0.2, 0.25) is 0 Å². The molecule has 6 heteroatoms. The monoisotopic (exact) mass is 193 g/mol. The third kappa shape index (κ3) is 1.61. The molecule has 0 N–H and O–H groups in total. The van der Waals surface area contributed by atoms with Crippen LogP contribution in [0.2, 0.25) is 0 Å². The van der Waals surface area contributed by atoms with Crippen molar-refractivity contribution in [2.24, 2.45) is 0 Å². The lowest BCUT2D eigenvalue weighted by Crippen LogP contribution is -2.21. The third-order valence-corrected chi connectivity index (χ3v) is 1.74. The van der Waals surface area contributed by atoms with Gasteiger partial charge in [0, 0.05) is 12.6 Å². The normalized spacial score (nSPS) is 9.43. The van der Waals surface area contributed by atoms with E-state index in [0.717, 1.165) is 16.8 Å². The van der Waals surface area contributed by atoms with E-state index >= 15 is 0 Å². The quantitative estimate of drug-likeness (QED) is 0.509. The first-order valence-corrected chi connectivity index (χ1v) is 3.89. The van der Waals surface area contributed by atoms with Crippen LogP contribution in [-0.4, -0.2) is 9.49 Å². The maximum atomic E-state index is 11.3. The van der Waals surface area contributed by atoms with Crippen LogP contribution >= 0.6 is 0 Å². The molecule has 0 radical (unpaired) electrons. The van der Waals surface area contributed by atoms with Crippen LogP contribution in [0.1, 0.15) is 12.5 Å². The van der Waals surface area contributed by atoms with Gasteiger partial charge in [0.15, 0.2) is 0 Å². The largest absolute Gasteiger partial charge is 0.308 e. The Hall–Kier alpha value is -2.16. The van der Waals surface area contributed by atoms with Crippen molar-refractivity contribution in [3.63, 3.8) is 0 Å². The summed E-state index contributed by atoms with van der Waals surface area (Å²) in [6, 6.07) is 2.61. The summed E-state index contributed by atoms with van der Waals surface area (Å²) in [6.07, 6.45) is 1.13. The predicted octanol–water partition coefficient (Wildman–Crippen LogP) is 0.648. The van der Waals surface area contributed by atoms with E-state index in [1.165, 1.54) is 0 Å². The number of hydrogen-bond donors (Lipinski definition) is 0. The SMILES string of the molecule is CCn1cc([N+](=O)[O-])cc(C#N)c1=O. The van der Waals surface area contributed by atoms with Gasteiger partial charge in [-0.25, -0.2) is 0 Å². The van der Waals surface area contributed by atoms with E-state index in [1.807, 2.05) is 0 Å². The molecule has 1 rings (SSSR count). The maximum absolute atomic E-state index is 11.3. The molecule has 0 amide bonds. The van der Waals surface area contributed by atoms with Gasteiger partial charge in [0.05, 0.1) is 11.1 Å². The maximum Gasteiger partial charge on any atom is 0.287 e. The molecule has 6 nitrogen and oxygen atoms in total. The molecule has 1 aromatic heterocycles. The Labute approximate surface area is 79.2 Å². The van der Waals surface area contributed by atoms with Crippen LogP contribution in [0, 0.1) is 21.4 Å². The second-order valence-electron chi connectivity index (χ2n) is 2.57. The number of aromatic nitrogens is 1.